The van der Waals surface area contributed by atoms with E-state index in [0.717, 1.165) is 10.9 Å². The van der Waals surface area contributed by atoms with Crippen molar-refractivity contribution < 1.29 is 14.3 Å². The van der Waals surface area contributed by atoms with Crippen LogP contribution in [0, 0.1) is 0 Å². The largest absolute Gasteiger partial charge is 0.480 e. The second-order valence-electron chi connectivity index (χ2n) is 5.35. The first-order valence-corrected chi connectivity index (χ1v) is 7.46. The molecule has 3 aromatic rings. The summed E-state index contributed by atoms with van der Waals surface area (Å²) in [5, 5.41) is 10.8. The molecule has 4 heteroatoms. The Morgan fingerprint density at radius 3 is 2.70 bits per heavy atom. The third kappa shape index (κ3) is 2.59. The van der Waals surface area contributed by atoms with Crippen molar-refractivity contribution in [1.82, 2.24) is 0 Å². The van der Waals surface area contributed by atoms with Gasteiger partial charge in [0.25, 0.3) is 5.95 Å². The summed E-state index contributed by atoms with van der Waals surface area (Å²) in [5.74, 6) is 0.271. The van der Waals surface area contributed by atoms with Gasteiger partial charge in [-0.1, -0.05) is 54.6 Å². The smallest absolute Gasteiger partial charge is 0.296 e. The van der Waals surface area contributed by atoms with Gasteiger partial charge in [-0.3, -0.25) is 0 Å². The Morgan fingerprint density at radius 1 is 1.04 bits per heavy atom. The fourth-order valence-corrected chi connectivity index (χ4v) is 2.65. The molecular weight excluding hydrogens is 290 g/mol. The first-order valence-electron chi connectivity index (χ1n) is 7.46. The highest BCUT2D eigenvalue weighted by Gasteiger charge is 2.26. The number of aromatic hydroxyl groups is 1. The van der Waals surface area contributed by atoms with Crippen LogP contribution in [0.1, 0.15) is 11.1 Å². The molecule has 2 aromatic carbocycles. The Labute approximate surface area is 133 Å². The van der Waals surface area contributed by atoms with E-state index in [1.165, 1.54) is 0 Å². The fraction of sp³-hybridized carbons (Fsp3) is 0.105. The molecule has 4 nitrogen and oxygen atoms in total. The number of nitrogens with zero attached hydrogens (tertiary/aromatic N) is 1. The van der Waals surface area contributed by atoms with Crippen LogP contribution in [-0.2, 0) is 4.74 Å². The predicted octanol–water partition coefficient (Wildman–Crippen LogP) is 4.00. The molecule has 0 aliphatic carbocycles. The molecule has 1 unspecified atom stereocenters. The van der Waals surface area contributed by atoms with Crippen LogP contribution >= 0.6 is 0 Å². The number of benzene rings is 2. The van der Waals surface area contributed by atoms with Crippen molar-refractivity contribution in [2.75, 3.05) is 6.54 Å². The second kappa shape index (κ2) is 5.65. The van der Waals surface area contributed by atoms with Gasteiger partial charge in [0.2, 0.25) is 5.90 Å². The molecule has 1 aliphatic heterocycles. The Balaban J connectivity index is 1.56. The maximum atomic E-state index is 10.0. The van der Waals surface area contributed by atoms with E-state index in [0.29, 0.717) is 23.6 Å². The lowest BCUT2D eigenvalue weighted by atomic mass is 10.1. The van der Waals surface area contributed by atoms with Crippen molar-refractivity contribution in [3.05, 3.63) is 71.8 Å². The lowest BCUT2D eigenvalue weighted by Gasteiger charge is -2.06. The summed E-state index contributed by atoms with van der Waals surface area (Å²) in [5.41, 5.74) is 2.26. The number of para-hydroxylation sites is 1. The molecular formula is C19H15NO3. The van der Waals surface area contributed by atoms with E-state index in [2.05, 4.69) is 4.99 Å². The van der Waals surface area contributed by atoms with Crippen molar-refractivity contribution in [2.24, 2.45) is 4.99 Å². The highest BCUT2D eigenvalue weighted by atomic mass is 16.5. The minimum atomic E-state index is -0.155. The maximum Gasteiger partial charge on any atom is 0.296 e. The number of rotatable bonds is 3. The standard InChI is InChI=1S/C19H15NO3/c21-19-17(15-8-4-5-9-16(15)23-19)18-20-12-14(22-18)11-10-13-6-2-1-3-7-13/h1-11,14,21H,12H2/b11-10+. The monoisotopic (exact) mass is 305 g/mol. The van der Waals surface area contributed by atoms with Gasteiger partial charge in [-0.2, -0.15) is 0 Å². The molecule has 0 saturated heterocycles. The quantitative estimate of drug-likeness (QED) is 0.796. The van der Waals surface area contributed by atoms with E-state index in [-0.39, 0.29) is 12.1 Å². The van der Waals surface area contributed by atoms with E-state index in [1.54, 1.807) is 6.07 Å². The van der Waals surface area contributed by atoms with Crippen LogP contribution in [0.4, 0.5) is 0 Å². The summed E-state index contributed by atoms with van der Waals surface area (Å²) < 4.78 is 11.2. The summed E-state index contributed by atoms with van der Waals surface area (Å²) in [7, 11) is 0. The molecule has 0 spiro atoms. The van der Waals surface area contributed by atoms with Crippen molar-refractivity contribution in [2.45, 2.75) is 6.10 Å². The van der Waals surface area contributed by atoms with Crippen molar-refractivity contribution >= 4 is 22.9 Å². The molecule has 0 saturated carbocycles. The maximum absolute atomic E-state index is 10.0. The van der Waals surface area contributed by atoms with Gasteiger partial charge in [0.1, 0.15) is 17.3 Å². The van der Waals surface area contributed by atoms with Crippen LogP contribution in [-0.4, -0.2) is 23.7 Å². The van der Waals surface area contributed by atoms with Gasteiger partial charge in [-0.15, -0.1) is 0 Å². The Hall–Kier alpha value is -3.01. The highest BCUT2D eigenvalue weighted by molar-refractivity contribution is 6.08. The second-order valence-corrected chi connectivity index (χ2v) is 5.35. The molecule has 0 bridgehead atoms. The molecule has 4 rings (SSSR count). The molecule has 1 aliphatic rings. The number of hydrogen-bond donors (Lipinski definition) is 1. The van der Waals surface area contributed by atoms with Crippen molar-refractivity contribution in [1.29, 1.82) is 0 Å². The van der Waals surface area contributed by atoms with Gasteiger partial charge in [0, 0.05) is 5.39 Å². The molecule has 114 valence electrons. The topological polar surface area (TPSA) is 55.0 Å². The van der Waals surface area contributed by atoms with Gasteiger partial charge >= 0.3 is 0 Å². The van der Waals surface area contributed by atoms with Crippen molar-refractivity contribution in [3.63, 3.8) is 0 Å². The number of aliphatic imine (C=N–C) groups is 1. The number of ether oxygens (including phenoxy) is 1. The first-order chi connectivity index (χ1) is 11.3. The Morgan fingerprint density at radius 2 is 1.83 bits per heavy atom. The van der Waals surface area contributed by atoms with Gasteiger partial charge in [0.15, 0.2) is 0 Å². The lowest BCUT2D eigenvalue weighted by molar-refractivity contribution is 0.273. The van der Waals surface area contributed by atoms with Crippen LogP contribution in [0.2, 0.25) is 0 Å². The van der Waals surface area contributed by atoms with E-state index in [1.807, 2.05) is 60.7 Å². The SMILES string of the molecule is Oc1oc2ccccc2c1C1=NCC(/C=C/c2ccccc2)O1. The molecule has 0 amide bonds. The fourth-order valence-electron chi connectivity index (χ4n) is 2.65. The number of hydrogen-bond acceptors (Lipinski definition) is 4. The normalized spacial score (nSPS) is 17.6. The highest BCUT2D eigenvalue weighted by Crippen LogP contribution is 2.33. The zero-order chi connectivity index (χ0) is 15.6. The van der Waals surface area contributed by atoms with Gasteiger partial charge < -0.3 is 14.3 Å². The summed E-state index contributed by atoms with van der Waals surface area (Å²) in [4.78, 5) is 4.41. The van der Waals surface area contributed by atoms with E-state index < -0.39 is 0 Å². The average molecular weight is 305 g/mol. The third-order valence-corrected chi connectivity index (χ3v) is 3.77. The molecule has 1 aromatic heterocycles. The molecule has 0 fully saturated rings. The molecule has 2 heterocycles. The third-order valence-electron chi connectivity index (χ3n) is 3.77. The van der Waals surface area contributed by atoms with Crippen LogP contribution in [0.25, 0.3) is 17.0 Å². The summed E-state index contributed by atoms with van der Waals surface area (Å²) in [6, 6.07) is 17.5. The van der Waals surface area contributed by atoms with Gasteiger partial charge in [-0.25, -0.2) is 4.99 Å². The van der Waals surface area contributed by atoms with Crippen LogP contribution in [0.5, 0.6) is 5.95 Å². The van der Waals surface area contributed by atoms with Crippen LogP contribution in [0.3, 0.4) is 0 Å². The summed E-state index contributed by atoms with van der Waals surface area (Å²) in [6.07, 6.45) is 3.85. The zero-order valence-corrected chi connectivity index (χ0v) is 12.3. The zero-order valence-electron chi connectivity index (χ0n) is 12.3. The van der Waals surface area contributed by atoms with Crippen LogP contribution < -0.4 is 0 Å². The number of furan rings is 1. The molecule has 1 atom stereocenters. The molecule has 23 heavy (non-hydrogen) atoms. The molecule has 0 radical (unpaired) electrons. The van der Waals surface area contributed by atoms with E-state index in [4.69, 9.17) is 9.15 Å². The lowest BCUT2D eigenvalue weighted by Crippen LogP contribution is -2.10. The van der Waals surface area contributed by atoms with Gasteiger partial charge in [-0.05, 0) is 17.7 Å². The summed E-state index contributed by atoms with van der Waals surface area (Å²) in [6.45, 7) is 0.525. The van der Waals surface area contributed by atoms with Crippen molar-refractivity contribution in [3.8, 4) is 5.95 Å². The average Bonchev–Trinajstić information content (AvgIpc) is 3.17. The minimum Gasteiger partial charge on any atom is -0.480 e. The first kappa shape index (κ1) is 13.6. The molecule has 1 N–H and O–H groups in total. The van der Waals surface area contributed by atoms with Crippen LogP contribution in [0.15, 0.2) is 70.1 Å². The predicted molar refractivity (Wildman–Crippen MR) is 89.6 cm³/mol. The van der Waals surface area contributed by atoms with E-state index in [9.17, 15) is 5.11 Å². The van der Waals surface area contributed by atoms with E-state index >= 15 is 0 Å². The Kier molecular flexibility index (Phi) is 3.35. The number of fused-ring (bicyclic) bond motifs is 1. The minimum absolute atomic E-state index is 0.140. The van der Waals surface area contributed by atoms with Gasteiger partial charge in [0.05, 0.1) is 6.54 Å². The Bertz CT molecular complexity index is 893. The summed E-state index contributed by atoms with van der Waals surface area (Å²) >= 11 is 0.